The van der Waals surface area contributed by atoms with Crippen LogP contribution in [-0.4, -0.2) is 35.8 Å². The van der Waals surface area contributed by atoms with E-state index in [1.54, 1.807) is 24.3 Å². The van der Waals surface area contributed by atoms with Gasteiger partial charge < -0.3 is 19.5 Å². The second-order valence-corrected chi connectivity index (χ2v) is 6.63. The zero-order chi connectivity index (χ0) is 20.1. The second-order valence-electron chi connectivity index (χ2n) is 6.63. The Morgan fingerprint density at radius 3 is 2.54 bits per heavy atom. The van der Waals surface area contributed by atoms with Gasteiger partial charge in [0.15, 0.2) is 0 Å². The van der Waals surface area contributed by atoms with Crippen molar-refractivity contribution in [2.75, 3.05) is 19.7 Å². The monoisotopic (exact) mass is 393 g/mol. The zero-order valence-corrected chi connectivity index (χ0v) is 15.3. The number of halogens is 3. The molecule has 0 aromatic heterocycles. The first-order valence-corrected chi connectivity index (χ1v) is 8.95. The summed E-state index contributed by atoms with van der Waals surface area (Å²) in [6, 6.07) is 12.3. The van der Waals surface area contributed by atoms with Crippen LogP contribution in [-0.2, 0) is 12.8 Å². The van der Waals surface area contributed by atoms with E-state index in [1.165, 1.54) is 18.2 Å². The molecule has 0 saturated carbocycles. The summed E-state index contributed by atoms with van der Waals surface area (Å²) < 4.78 is 50.6. The third-order valence-corrected chi connectivity index (χ3v) is 4.59. The number of alkyl halides is 3. The Morgan fingerprint density at radius 1 is 1.14 bits per heavy atom. The molecule has 0 spiro atoms. The lowest BCUT2D eigenvalue weighted by Gasteiger charge is -2.22. The number of aliphatic hydroxyl groups excluding tert-OH is 1. The lowest BCUT2D eigenvalue weighted by Crippen LogP contribution is -2.27. The summed E-state index contributed by atoms with van der Waals surface area (Å²) in [6.07, 6.45) is -4.18. The summed E-state index contributed by atoms with van der Waals surface area (Å²) in [5, 5.41) is 9.05. The van der Waals surface area contributed by atoms with E-state index in [9.17, 15) is 13.2 Å². The number of nitrogens with zero attached hydrogens (tertiary/aromatic N) is 1. The number of hydrogen-bond acceptors (Lipinski definition) is 4. The fourth-order valence-electron chi connectivity index (χ4n) is 3.04. The molecule has 1 fully saturated rings. The van der Waals surface area contributed by atoms with Crippen molar-refractivity contribution in [3.63, 3.8) is 0 Å². The standard InChI is InChI=1S/C21H22F3NO3/c1-15(14-27-17-8-6-16(13-26)7-9-17)25-11-10-18(12-25)28-20-5-3-2-4-19(20)21(22,23)24/h2-9,18,26H,1,10-14H2. The first-order valence-electron chi connectivity index (χ1n) is 8.95. The molecule has 1 atom stereocenters. The molecule has 1 aliphatic heterocycles. The van der Waals surface area contributed by atoms with Crippen LogP contribution in [0.5, 0.6) is 11.5 Å². The molecule has 0 radical (unpaired) electrons. The Hall–Kier alpha value is -2.67. The van der Waals surface area contributed by atoms with Crippen LogP contribution in [0.2, 0.25) is 0 Å². The van der Waals surface area contributed by atoms with Gasteiger partial charge in [0.1, 0.15) is 24.2 Å². The number of hydrogen-bond donors (Lipinski definition) is 1. The fourth-order valence-corrected chi connectivity index (χ4v) is 3.04. The van der Waals surface area contributed by atoms with E-state index in [0.29, 0.717) is 25.3 Å². The molecule has 1 unspecified atom stereocenters. The molecule has 2 aromatic rings. The van der Waals surface area contributed by atoms with Crippen molar-refractivity contribution >= 4 is 0 Å². The summed E-state index contributed by atoms with van der Waals surface area (Å²) >= 11 is 0. The van der Waals surface area contributed by atoms with E-state index < -0.39 is 11.7 Å². The highest BCUT2D eigenvalue weighted by atomic mass is 19.4. The lowest BCUT2D eigenvalue weighted by molar-refractivity contribution is -0.139. The topological polar surface area (TPSA) is 41.9 Å². The molecular weight excluding hydrogens is 371 g/mol. The molecule has 2 aromatic carbocycles. The van der Waals surface area contributed by atoms with Gasteiger partial charge in [-0.05, 0) is 29.8 Å². The maximum absolute atomic E-state index is 13.1. The van der Waals surface area contributed by atoms with E-state index in [2.05, 4.69) is 6.58 Å². The lowest BCUT2D eigenvalue weighted by atomic mass is 10.2. The van der Waals surface area contributed by atoms with Crippen LogP contribution in [0.15, 0.2) is 60.8 Å². The first kappa shape index (κ1) is 20.1. The van der Waals surface area contributed by atoms with Crippen molar-refractivity contribution in [2.24, 2.45) is 0 Å². The Morgan fingerprint density at radius 2 is 1.86 bits per heavy atom. The highest BCUT2D eigenvalue weighted by Gasteiger charge is 2.35. The number of likely N-dealkylation sites (tertiary alicyclic amines) is 1. The first-order chi connectivity index (χ1) is 13.4. The van der Waals surface area contributed by atoms with Crippen LogP contribution in [0.3, 0.4) is 0 Å². The maximum Gasteiger partial charge on any atom is 0.419 e. The maximum atomic E-state index is 13.1. The highest BCUT2D eigenvalue weighted by molar-refractivity contribution is 5.36. The predicted octanol–water partition coefficient (Wildman–Crippen LogP) is 4.24. The largest absolute Gasteiger partial charge is 0.488 e. The number of para-hydroxylation sites is 1. The van der Waals surface area contributed by atoms with Gasteiger partial charge >= 0.3 is 6.18 Å². The van der Waals surface area contributed by atoms with Gasteiger partial charge in [-0.3, -0.25) is 0 Å². The van der Waals surface area contributed by atoms with Gasteiger partial charge in [-0.2, -0.15) is 13.2 Å². The molecule has 7 heteroatoms. The molecule has 0 amide bonds. The van der Waals surface area contributed by atoms with Crippen molar-refractivity contribution in [1.82, 2.24) is 4.90 Å². The minimum Gasteiger partial charge on any atom is -0.488 e. The van der Waals surface area contributed by atoms with Gasteiger partial charge in [0.2, 0.25) is 0 Å². The molecule has 150 valence electrons. The van der Waals surface area contributed by atoms with Crippen molar-refractivity contribution in [1.29, 1.82) is 0 Å². The Balaban J connectivity index is 1.53. The molecule has 1 N–H and O–H groups in total. The van der Waals surface area contributed by atoms with Gasteiger partial charge in [-0.25, -0.2) is 0 Å². The van der Waals surface area contributed by atoms with Crippen LogP contribution >= 0.6 is 0 Å². The minimum absolute atomic E-state index is 0.0282. The van der Waals surface area contributed by atoms with Crippen molar-refractivity contribution in [3.8, 4) is 11.5 Å². The molecule has 1 aliphatic rings. The SMILES string of the molecule is C=C(COc1ccc(CO)cc1)N1CCC(Oc2ccccc2C(F)(F)F)C1. The second kappa shape index (κ2) is 8.56. The molecule has 4 nitrogen and oxygen atoms in total. The van der Waals surface area contributed by atoms with Gasteiger partial charge in [0.05, 0.1) is 18.7 Å². The van der Waals surface area contributed by atoms with Crippen molar-refractivity contribution in [2.45, 2.75) is 25.3 Å². The quantitative estimate of drug-likeness (QED) is 0.764. The number of ether oxygens (including phenoxy) is 2. The van der Waals surface area contributed by atoms with Crippen LogP contribution in [0, 0.1) is 0 Å². The van der Waals surface area contributed by atoms with Crippen LogP contribution in [0.4, 0.5) is 13.2 Å². The Bertz CT molecular complexity index is 805. The third kappa shape index (κ3) is 4.98. The van der Waals surface area contributed by atoms with Crippen molar-refractivity contribution < 1.29 is 27.8 Å². The van der Waals surface area contributed by atoms with Crippen LogP contribution < -0.4 is 9.47 Å². The van der Waals surface area contributed by atoms with Gasteiger partial charge in [-0.1, -0.05) is 30.8 Å². The predicted molar refractivity (Wildman–Crippen MR) is 99.0 cm³/mol. The Kier molecular flexibility index (Phi) is 6.14. The summed E-state index contributed by atoms with van der Waals surface area (Å²) in [7, 11) is 0. The van der Waals surface area contributed by atoms with E-state index in [0.717, 1.165) is 17.3 Å². The fraction of sp³-hybridized carbons (Fsp3) is 0.333. The molecule has 1 heterocycles. The van der Waals surface area contributed by atoms with Crippen molar-refractivity contribution in [3.05, 3.63) is 71.9 Å². The smallest absolute Gasteiger partial charge is 0.419 e. The third-order valence-electron chi connectivity index (χ3n) is 4.59. The molecular formula is C21H22F3NO3. The number of rotatable bonds is 7. The number of aliphatic hydroxyl groups is 1. The molecule has 0 aliphatic carbocycles. The normalized spacial score (nSPS) is 16.9. The Labute approximate surface area is 161 Å². The average molecular weight is 393 g/mol. The summed E-state index contributed by atoms with van der Waals surface area (Å²) in [4.78, 5) is 1.96. The van der Waals surface area contributed by atoms with Gasteiger partial charge in [0.25, 0.3) is 0 Å². The molecule has 1 saturated heterocycles. The van der Waals surface area contributed by atoms with Gasteiger partial charge in [-0.15, -0.1) is 0 Å². The average Bonchev–Trinajstić information content (AvgIpc) is 3.14. The van der Waals surface area contributed by atoms with Gasteiger partial charge in [0, 0.05) is 18.7 Å². The van der Waals surface area contributed by atoms with E-state index in [4.69, 9.17) is 14.6 Å². The minimum atomic E-state index is -4.45. The van der Waals surface area contributed by atoms with Crippen LogP contribution in [0.25, 0.3) is 0 Å². The molecule has 28 heavy (non-hydrogen) atoms. The van der Waals surface area contributed by atoms with Crippen LogP contribution in [0.1, 0.15) is 17.5 Å². The van der Waals surface area contributed by atoms with E-state index in [-0.39, 0.29) is 25.1 Å². The number of benzene rings is 2. The van der Waals surface area contributed by atoms with E-state index in [1.807, 2.05) is 4.90 Å². The van der Waals surface area contributed by atoms with E-state index >= 15 is 0 Å². The highest BCUT2D eigenvalue weighted by Crippen LogP contribution is 2.37. The molecule has 3 rings (SSSR count). The molecule has 0 bridgehead atoms. The zero-order valence-electron chi connectivity index (χ0n) is 15.3. The summed E-state index contributed by atoms with van der Waals surface area (Å²) in [6.45, 7) is 5.35. The summed E-state index contributed by atoms with van der Waals surface area (Å²) in [5.74, 6) is 0.511. The summed E-state index contributed by atoms with van der Waals surface area (Å²) in [5.41, 5.74) is 0.772.